The van der Waals surface area contributed by atoms with Crippen molar-refractivity contribution in [2.24, 2.45) is 0 Å². The van der Waals surface area contributed by atoms with Crippen molar-refractivity contribution in [1.29, 1.82) is 0 Å². The number of halogens is 1. The van der Waals surface area contributed by atoms with E-state index in [1.54, 1.807) is 19.1 Å². The van der Waals surface area contributed by atoms with Gasteiger partial charge in [0.25, 0.3) is 0 Å². The number of hydrogen-bond acceptors (Lipinski definition) is 1. The molecule has 0 saturated carbocycles. The van der Waals surface area contributed by atoms with Gasteiger partial charge in [-0.3, -0.25) is 0 Å². The molecule has 0 amide bonds. The lowest BCUT2D eigenvalue weighted by atomic mass is 10.2. The largest absolute Gasteiger partial charge is 0.359 e. The minimum Gasteiger partial charge on any atom is -0.359 e. The molecule has 0 unspecified atom stereocenters. The van der Waals surface area contributed by atoms with Crippen molar-refractivity contribution in [3.8, 4) is 0 Å². The Labute approximate surface area is 101 Å². The standard InChI is InChI=1S/C12H15FN2S/c1-8(2)7-14-12(16)15-10-5-4-9(3)11(13)6-10/h4-6H,1,7H2,2-3H3,(H2,14,15,16). The van der Waals surface area contributed by atoms with Gasteiger partial charge in [-0.05, 0) is 43.8 Å². The first-order chi connectivity index (χ1) is 7.49. The molecule has 1 rings (SSSR count). The van der Waals surface area contributed by atoms with Crippen LogP contribution in [0.4, 0.5) is 10.1 Å². The zero-order valence-corrected chi connectivity index (χ0v) is 10.2. The van der Waals surface area contributed by atoms with Gasteiger partial charge >= 0.3 is 0 Å². The van der Waals surface area contributed by atoms with Crippen molar-refractivity contribution in [3.05, 3.63) is 41.7 Å². The molecular formula is C12H15FN2S. The second kappa shape index (κ2) is 5.61. The van der Waals surface area contributed by atoms with Crippen LogP contribution in [-0.2, 0) is 0 Å². The highest BCUT2D eigenvalue weighted by molar-refractivity contribution is 7.80. The van der Waals surface area contributed by atoms with Gasteiger partial charge in [0.05, 0.1) is 0 Å². The Morgan fingerprint density at radius 1 is 1.50 bits per heavy atom. The summed E-state index contributed by atoms with van der Waals surface area (Å²) in [6.45, 7) is 7.98. The molecule has 0 atom stereocenters. The number of anilines is 1. The predicted octanol–water partition coefficient (Wildman–Crippen LogP) is 3.00. The van der Waals surface area contributed by atoms with Crippen LogP contribution in [0.5, 0.6) is 0 Å². The summed E-state index contributed by atoms with van der Waals surface area (Å²) < 4.78 is 13.2. The summed E-state index contributed by atoms with van der Waals surface area (Å²) in [5.74, 6) is -0.243. The van der Waals surface area contributed by atoms with E-state index in [0.29, 0.717) is 22.9 Å². The smallest absolute Gasteiger partial charge is 0.171 e. The van der Waals surface area contributed by atoms with Crippen LogP contribution in [0.2, 0.25) is 0 Å². The lowest BCUT2D eigenvalue weighted by Crippen LogP contribution is -2.29. The van der Waals surface area contributed by atoms with E-state index in [4.69, 9.17) is 12.2 Å². The van der Waals surface area contributed by atoms with Gasteiger partial charge in [-0.2, -0.15) is 0 Å². The molecule has 16 heavy (non-hydrogen) atoms. The first-order valence-corrected chi connectivity index (χ1v) is 5.35. The SMILES string of the molecule is C=C(C)CNC(=S)Nc1ccc(C)c(F)c1. The predicted molar refractivity (Wildman–Crippen MR) is 70.2 cm³/mol. The normalized spacial score (nSPS) is 9.69. The van der Waals surface area contributed by atoms with Gasteiger partial charge in [0, 0.05) is 12.2 Å². The molecule has 0 heterocycles. The minimum atomic E-state index is -0.243. The van der Waals surface area contributed by atoms with E-state index in [1.165, 1.54) is 6.07 Å². The maximum Gasteiger partial charge on any atom is 0.171 e. The van der Waals surface area contributed by atoms with E-state index in [0.717, 1.165) is 5.57 Å². The molecule has 0 fully saturated rings. The minimum absolute atomic E-state index is 0.243. The molecule has 0 radical (unpaired) electrons. The number of nitrogens with one attached hydrogen (secondary N) is 2. The molecule has 1 aromatic rings. The van der Waals surface area contributed by atoms with Crippen molar-refractivity contribution in [2.45, 2.75) is 13.8 Å². The second-order valence-electron chi connectivity index (χ2n) is 3.73. The summed E-state index contributed by atoms with van der Waals surface area (Å²) in [6, 6.07) is 4.91. The van der Waals surface area contributed by atoms with Gasteiger partial charge < -0.3 is 10.6 Å². The highest BCUT2D eigenvalue weighted by atomic mass is 32.1. The van der Waals surface area contributed by atoms with Gasteiger partial charge in [0.15, 0.2) is 5.11 Å². The van der Waals surface area contributed by atoms with E-state index in [2.05, 4.69) is 17.2 Å². The third kappa shape index (κ3) is 3.98. The third-order valence-electron chi connectivity index (χ3n) is 1.98. The van der Waals surface area contributed by atoms with E-state index in [1.807, 2.05) is 6.92 Å². The fraction of sp³-hybridized carbons (Fsp3) is 0.250. The van der Waals surface area contributed by atoms with Crippen LogP contribution < -0.4 is 10.6 Å². The number of rotatable bonds is 3. The molecule has 0 aliphatic carbocycles. The molecule has 0 aromatic heterocycles. The Morgan fingerprint density at radius 2 is 2.19 bits per heavy atom. The first kappa shape index (κ1) is 12.6. The second-order valence-corrected chi connectivity index (χ2v) is 4.14. The first-order valence-electron chi connectivity index (χ1n) is 4.94. The average molecular weight is 238 g/mol. The molecule has 0 saturated heterocycles. The van der Waals surface area contributed by atoms with Crippen LogP contribution in [0.15, 0.2) is 30.4 Å². The van der Waals surface area contributed by atoms with Gasteiger partial charge in [-0.1, -0.05) is 18.2 Å². The molecule has 0 aliphatic rings. The molecule has 86 valence electrons. The Morgan fingerprint density at radius 3 is 2.75 bits per heavy atom. The summed E-state index contributed by atoms with van der Waals surface area (Å²) in [5.41, 5.74) is 2.24. The molecule has 0 aliphatic heterocycles. The molecule has 1 aromatic carbocycles. The monoisotopic (exact) mass is 238 g/mol. The maximum absolute atomic E-state index is 13.2. The van der Waals surface area contributed by atoms with Crippen molar-refractivity contribution in [2.75, 3.05) is 11.9 Å². The van der Waals surface area contributed by atoms with Crippen molar-refractivity contribution >= 4 is 23.0 Å². The summed E-state index contributed by atoms with van der Waals surface area (Å²) in [4.78, 5) is 0. The highest BCUT2D eigenvalue weighted by Crippen LogP contribution is 2.13. The van der Waals surface area contributed by atoms with E-state index in [-0.39, 0.29) is 5.82 Å². The van der Waals surface area contributed by atoms with Crippen molar-refractivity contribution < 1.29 is 4.39 Å². The number of benzene rings is 1. The van der Waals surface area contributed by atoms with E-state index in [9.17, 15) is 4.39 Å². The van der Waals surface area contributed by atoms with Gasteiger partial charge in [0.2, 0.25) is 0 Å². The van der Waals surface area contributed by atoms with Crippen molar-refractivity contribution in [1.82, 2.24) is 5.32 Å². The molecule has 0 bridgehead atoms. The molecule has 0 spiro atoms. The van der Waals surface area contributed by atoms with Crippen LogP contribution in [0.25, 0.3) is 0 Å². The van der Waals surface area contributed by atoms with E-state index < -0.39 is 0 Å². The number of thiocarbonyl (C=S) groups is 1. The molecular weight excluding hydrogens is 223 g/mol. The average Bonchev–Trinajstić information content (AvgIpc) is 2.21. The maximum atomic E-state index is 13.2. The Hall–Kier alpha value is -1.42. The summed E-state index contributed by atoms with van der Waals surface area (Å²) >= 11 is 5.04. The quantitative estimate of drug-likeness (QED) is 0.625. The highest BCUT2D eigenvalue weighted by Gasteiger charge is 2.01. The number of hydrogen-bond donors (Lipinski definition) is 2. The fourth-order valence-electron chi connectivity index (χ4n) is 1.08. The molecule has 4 heteroatoms. The molecule has 2 nitrogen and oxygen atoms in total. The zero-order valence-electron chi connectivity index (χ0n) is 9.43. The number of aryl methyl sites for hydroxylation is 1. The van der Waals surface area contributed by atoms with Gasteiger partial charge in [0.1, 0.15) is 5.82 Å². The summed E-state index contributed by atoms with van der Waals surface area (Å²) in [5, 5.41) is 6.33. The Bertz CT molecular complexity index is 415. The van der Waals surface area contributed by atoms with Crippen LogP contribution in [0.3, 0.4) is 0 Å². The van der Waals surface area contributed by atoms with E-state index >= 15 is 0 Å². The van der Waals surface area contributed by atoms with Crippen LogP contribution in [-0.4, -0.2) is 11.7 Å². The summed E-state index contributed by atoms with van der Waals surface area (Å²) in [6.07, 6.45) is 0. The third-order valence-corrected chi connectivity index (χ3v) is 2.23. The Balaban J connectivity index is 2.56. The molecule has 2 N–H and O–H groups in total. The van der Waals surface area contributed by atoms with Crippen LogP contribution >= 0.6 is 12.2 Å². The fourth-order valence-corrected chi connectivity index (χ4v) is 1.27. The summed E-state index contributed by atoms with van der Waals surface area (Å²) in [7, 11) is 0. The zero-order chi connectivity index (χ0) is 12.1. The van der Waals surface area contributed by atoms with Crippen LogP contribution in [0, 0.1) is 12.7 Å². The van der Waals surface area contributed by atoms with Crippen LogP contribution in [0.1, 0.15) is 12.5 Å². The van der Waals surface area contributed by atoms with Gasteiger partial charge in [-0.15, -0.1) is 0 Å². The lowest BCUT2D eigenvalue weighted by Gasteiger charge is -2.10. The topological polar surface area (TPSA) is 24.1 Å². The lowest BCUT2D eigenvalue weighted by molar-refractivity contribution is 0.619. The Kier molecular flexibility index (Phi) is 4.43. The van der Waals surface area contributed by atoms with Gasteiger partial charge in [-0.25, -0.2) is 4.39 Å². The van der Waals surface area contributed by atoms with Crippen molar-refractivity contribution in [3.63, 3.8) is 0 Å².